The molecule has 0 aromatic rings. The molecule has 1 heterocycles. The molecular weight excluding hydrogens is 688 g/mol. The fourth-order valence-electron chi connectivity index (χ4n) is 5.14. The van der Waals surface area contributed by atoms with Crippen LogP contribution in [0.5, 0.6) is 0 Å². The second-order valence-electron chi connectivity index (χ2n) is 13.6. The smallest absolute Gasteiger partial charge is 0.325 e. The van der Waals surface area contributed by atoms with Crippen LogP contribution >= 0.6 is 0 Å². The van der Waals surface area contributed by atoms with Crippen molar-refractivity contribution in [1.29, 1.82) is 0 Å². The summed E-state index contributed by atoms with van der Waals surface area (Å²) in [4.78, 5) is 113. The molecule has 0 unspecified atom stereocenters. The van der Waals surface area contributed by atoms with Gasteiger partial charge in [0.05, 0.1) is 18.7 Å². The van der Waals surface area contributed by atoms with Crippen LogP contribution in [0.3, 0.4) is 0 Å². The van der Waals surface area contributed by atoms with Gasteiger partial charge in [-0.3, -0.25) is 43.2 Å². The Morgan fingerprint density at radius 3 is 1.60 bits per heavy atom. The SMILES string of the molecule is CC(C)C[C@H](NC(=O)[C@H](CC(C)C)NC(=O)[C@H](CCC(=O)O)NC(=O)[C@H](CCC(N)=O)NC(=O)CNC(=O)[C@@H]1C[C@@H](O)CN1)C(=O)N[C@@H](C)C(=O)O. The van der Waals surface area contributed by atoms with Crippen molar-refractivity contribution in [2.75, 3.05) is 13.1 Å². The second kappa shape index (κ2) is 22.2. The van der Waals surface area contributed by atoms with Gasteiger partial charge in [0.2, 0.25) is 41.4 Å². The van der Waals surface area contributed by atoms with Gasteiger partial charge in [0, 0.05) is 19.4 Å². The number of carbonyl (C=O) groups is 9. The van der Waals surface area contributed by atoms with Gasteiger partial charge < -0.3 is 58.3 Å². The van der Waals surface area contributed by atoms with Gasteiger partial charge in [-0.2, -0.15) is 0 Å². The summed E-state index contributed by atoms with van der Waals surface area (Å²) >= 11 is 0. The van der Waals surface area contributed by atoms with E-state index in [4.69, 9.17) is 5.73 Å². The number of nitrogens with one attached hydrogen (secondary N) is 7. The number of rotatable bonds is 23. The maximum Gasteiger partial charge on any atom is 0.325 e. The van der Waals surface area contributed by atoms with Crippen molar-refractivity contribution in [1.82, 2.24) is 37.2 Å². The Hall–Kier alpha value is -4.85. The highest BCUT2D eigenvalue weighted by atomic mass is 16.4. The van der Waals surface area contributed by atoms with E-state index in [1.54, 1.807) is 27.7 Å². The number of amides is 7. The molecule has 1 saturated heterocycles. The molecule has 7 amide bonds. The van der Waals surface area contributed by atoms with Gasteiger partial charge in [0.25, 0.3) is 0 Å². The summed E-state index contributed by atoms with van der Waals surface area (Å²) in [6.07, 6.45) is -2.13. The van der Waals surface area contributed by atoms with E-state index in [0.717, 1.165) is 0 Å². The van der Waals surface area contributed by atoms with E-state index in [1.165, 1.54) is 6.92 Å². The van der Waals surface area contributed by atoms with Crippen LogP contribution in [0.2, 0.25) is 0 Å². The van der Waals surface area contributed by atoms with E-state index in [1.807, 2.05) is 0 Å². The Morgan fingerprint density at radius 1 is 0.692 bits per heavy atom. The summed E-state index contributed by atoms with van der Waals surface area (Å²) < 4.78 is 0. The summed E-state index contributed by atoms with van der Waals surface area (Å²) in [5.74, 6) is -8.59. The molecule has 0 bridgehead atoms. The lowest BCUT2D eigenvalue weighted by molar-refractivity contribution is -0.142. The highest BCUT2D eigenvalue weighted by Crippen LogP contribution is 2.11. The number of hydrogen-bond donors (Lipinski definition) is 11. The lowest BCUT2D eigenvalue weighted by Crippen LogP contribution is -2.59. The maximum atomic E-state index is 13.6. The number of carboxylic acids is 2. The number of aliphatic hydroxyl groups excluding tert-OH is 1. The summed E-state index contributed by atoms with van der Waals surface area (Å²) in [5, 5.41) is 45.4. The zero-order chi connectivity index (χ0) is 39.7. The van der Waals surface area contributed by atoms with Crippen molar-refractivity contribution in [3.63, 3.8) is 0 Å². The van der Waals surface area contributed by atoms with Crippen LogP contribution in [-0.2, 0) is 43.2 Å². The van der Waals surface area contributed by atoms with Crippen LogP contribution < -0.4 is 43.0 Å². The normalized spacial score (nSPS) is 18.2. The molecule has 1 aliphatic rings. The zero-order valence-corrected chi connectivity index (χ0v) is 30.2. The lowest BCUT2D eigenvalue weighted by Gasteiger charge is -2.28. The molecule has 0 aromatic heterocycles. The third-order valence-corrected chi connectivity index (χ3v) is 7.87. The van der Waals surface area contributed by atoms with Gasteiger partial charge in [-0.1, -0.05) is 27.7 Å². The molecule has 1 aliphatic heterocycles. The first-order chi connectivity index (χ1) is 24.2. The number of carbonyl (C=O) groups excluding carboxylic acids is 7. The summed E-state index contributed by atoms with van der Waals surface area (Å²) in [6, 6.07) is -7.43. The number of hydrogen-bond acceptors (Lipinski definition) is 11. The quantitative estimate of drug-likeness (QED) is 0.0487. The summed E-state index contributed by atoms with van der Waals surface area (Å²) in [6.45, 7) is 7.95. The standard InChI is InChI=1S/C32H54N8O12/c1-15(2)10-22(30(49)36-17(5)32(51)52)40-31(50)23(11-16(3)4)39-29(48)20(7-9-26(44)45)38-28(47)19(6-8-24(33)42)37-25(43)14-35-27(46)21-12-18(41)13-34-21/h15-23,34,41H,6-14H2,1-5H3,(H2,33,42)(H,35,46)(H,36,49)(H,37,43)(H,38,47)(H,39,48)(H,40,50)(H,44,45)(H,51,52)/t17-,18+,19-,20-,21-,22-,23-/m0/s1. The predicted molar refractivity (Wildman–Crippen MR) is 183 cm³/mol. The Bertz CT molecular complexity index is 1310. The molecule has 52 heavy (non-hydrogen) atoms. The highest BCUT2D eigenvalue weighted by Gasteiger charge is 2.33. The first-order valence-corrected chi connectivity index (χ1v) is 17.1. The molecule has 0 spiro atoms. The summed E-state index contributed by atoms with van der Waals surface area (Å²) in [7, 11) is 0. The predicted octanol–water partition coefficient (Wildman–Crippen LogP) is -3.42. The molecule has 0 radical (unpaired) electrons. The molecule has 294 valence electrons. The number of carboxylic acid groups (broad SMARTS) is 2. The molecule has 0 saturated carbocycles. The molecule has 7 atom stereocenters. The van der Waals surface area contributed by atoms with Crippen LogP contribution in [0.25, 0.3) is 0 Å². The largest absolute Gasteiger partial charge is 0.481 e. The fraction of sp³-hybridized carbons (Fsp3) is 0.719. The molecule has 1 rings (SSSR count). The van der Waals surface area contributed by atoms with Crippen molar-refractivity contribution >= 4 is 53.3 Å². The minimum Gasteiger partial charge on any atom is -0.481 e. The van der Waals surface area contributed by atoms with Gasteiger partial charge in [-0.15, -0.1) is 0 Å². The lowest BCUT2D eigenvalue weighted by atomic mass is 9.99. The highest BCUT2D eigenvalue weighted by molar-refractivity contribution is 5.96. The number of β-amino-alcohol motifs (C(OH)–C–C–N with tert-alkyl or cyclic N) is 1. The zero-order valence-electron chi connectivity index (χ0n) is 30.2. The topological polar surface area (TPSA) is 325 Å². The molecule has 20 heteroatoms. The van der Waals surface area contributed by atoms with Crippen molar-refractivity contribution < 1.29 is 58.5 Å². The maximum absolute atomic E-state index is 13.6. The van der Waals surface area contributed by atoms with Crippen LogP contribution in [0.15, 0.2) is 0 Å². The number of aliphatic hydroxyl groups is 1. The molecular formula is C32H54N8O12. The molecule has 0 aromatic carbocycles. The first kappa shape index (κ1) is 45.2. The van der Waals surface area contributed by atoms with E-state index in [0.29, 0.717) is 0 Å². The van der Waals surface area contributed by atoms with Gasteiger partial charge in [-0.25, -0.2) is 0 Å². The van der Waals surface area contributed by atoms with Gasteiger partial charge in [-0.05, 0) is 50.9 Å². The third kappa shape index (κ3) is 17.4. The van der Waals surface area contributed by atoms with Crippen LogP contribution in [-0.4, -0.2) is 124 Å². The van der Waals surface area contributed by atoms with Gasteiger partial charge >= 0.3 is 11.9 Å². The van der Waals surface area contributed by atoms with E-state index in [9.17, 15) is 58.5 Å². The summed E-state index contributed by atoms with van der Waals surface area (Å²) in [5.41, 5.74) is 5.23. The van der Waals surface area contributed by atoms with Crippen LogP contribution in [0.1, 0.15) is 79.6 Å². The molecule has 1 fully saturated rings. The van der Waals surface area contributed by atoms with E-state index in [2.05, 4.69) is 37.2 Å². The third-order valence-electron chi connectivity index (χ3n) is 7.87. The Kier molecular flexibility index (Phi) is 19.3. The van der Waals surface area contributed by atoms with Crippen LogP contribution in [0.4, 0.5) is 0 Å². The fourth-order valence-corrected chi connectivity index (χ4v) is 5.14. The minimum absolute atomic E-state index is 0.0526. The Labute approximate surface area is 301 Å². The van der Waals surface area contributed by atoms with Crippen molar-refractivity contribution in [3.8, 4) is 0 Å². The number of nitrogens with two attached hydrogens (primary N) is 1. The average molecular weight is 743 g/mol. The van der Waals surface area contributed by atoms with Gasteiger partial charge in [0.1, 0.15) is 30.2 Å². The van der Waals surface area contributed by atoms with Crippen molar-refractivity contribution in [2.45, 2.75) is 122 Å². The van der Waals surface area contributed by atoms with E-state index >= 15 is 0 Å². The van der Waals surface area contributed by atoms with E-state index < -0.39 is 115 Å². The molecule has 12 N–H and O–H groups in total. The van der Waals surface area contributed by atoms with Crippen molar-refractivity contribution in [2.24, 2.45) is 17.6 Å². The van der Waals surface area contributed by atoms with Crippen LogP contribution in [0, 0.1) is 11.8 Å². The Balaban J connectivity index is 3.17. The van der Waals surface area contributed by atoms with Gasteiger partial charge in [0.15, 0.2) is 0 Å². The number of aliphatic carboxylic acids is 2. The molecule has 0 aliphatic carbocycles. The Morgan fingerprint density at radius 2 is 1.15 bits per heavy atom. The minimum atomic E-state index is -1.55. The average Bonchev–Trinajstić information content (AvgIpc) is 3.48. The molecule has 20 nitrogen and oxygen atoms in total. The van der Waals surface area contributed by atoms with E-state index in [-0.39, 0.29) is 50.5 Å². The van der Waals surface area contributed by atoms with Crippen molar-refractivity contribution in [3.05, 3.63) is 0 Å². The number of primary amides is 1. The first-order valence-electron chi connectivity index (χ1n) is 17.1. The second-order valence-corrected chi connectivity index (χ2v) is 13.6. The monoisotopic (exact) mass is 742 g/mol.